The summed E-state index contributed by atoms with van der Waals surface area (Å²) in [5, 5.41) is 7.97. The van der Waals surface area contributed by atoms with Crippen molar-refractivity contribution in [1.82, 2.24) is 15.1 Å². The summed E-state index contributed by atoms with van der Waals surface area (Å²) in [6.45, 7) is 0. The molecule has 2 saturated heterocycles. The number of rotatable bonds is 1. The van der Waals surface area contributed by atoms with Gasteiger partial charge in [-0.25, -0.2) is 0 Å². The number of hydrogen-bond donors (Lipinski definition) is 1. The summed E-state index contributed by atoms with van der Waals surface area (Å²) in [5.41, 5.74) is 0. The van der Waals surface area contributed by atoms with E-state index in [0.717, 1.165) is 12.1 Å². The Morgan fingerprint density at radius 3 is 2.62 bits per heavy atom. The molecule has 0 aromatic carbocycles. The van der Waals surface area contributed by atoms with Crippen LogP contribution in [-0.2, 0) is 0 Å². The Bertz CT molecular complexity index is 268. The number of piperidine rings is 1. The smallest absolute Gasteiger partial charge is 0.0548 e. The second-order valence-electron chi connectivity index (χ2n) is 4.25. The SMILES string of the molecule is c1cnn(C2C[C@H]3CC[C@@H](C2)N3)c1. The maximum absolute atomic E-state index is 4.33. The molecule has 2 aliphatic heterocycles. The fraction of sp³-hybridized carbons (Fsp3) is 0.700. The fourth-order valence-corrected chi connectivity index (χ4v) is 2.74. The molecule has 2 aliphatic rings. The predicted octanol–water partition coefficient (Wildman–Crippen LogP) is 1.34. The Kier molecular flexibility index (Phi) is 1.65. The third-order valence-electron chi connectivity index (χ3n) is 3.35. The zero-order valence-corrected chi connectivity index (χ0v) is 7.69. The van der Waals surface area contributed by atoms with Gasteiger partial charge in [-0.1, -0.05) is 0 Å². The Labute approximate surface area is 78.1 Å². The van der Waals surface area contributed by atoms with E-state index in [9.17, 15) is 0 Å². The van der Waals surface area contributed by atoms with Gasteiger partial charge in [0.15, 0.2) is 0 Å². The summed E-state index contributed by atoms with van der Waals surface area (Å²) in [7, 11) is 0. The van der Waals surface area contributed by atoms with E-state index < -0.39 is 0 Å². The number of hydrogen-bond acceptors (Lipinski definition) is 2. The molecule has 0 spiro atoms. The normalized spacial score (nSPS) is 38.0. The topological polar surface area (TPSA) is 29.9 Å². The molecule has 0 amide bonds. The van der Waals surface area contributed by atoms with E-state index in [0.29, 0.717) is 6.04 Å². The lowest BCUT2D eigenvalue weighted by atomic mass is 10.0. The van der Waals surface area contributed by atoms with E-state index in [-0.39, 0.29) is 0 Å². The first-order valence-corrected chi connectivity index (χ1v) is 5.17. The standard InChI is InChI=1S/C10H15N3/c1-4-11-13(5-1)10-6-8-2-3-9(7-10)12-8/h1,4-5,8-10,12H,2-3,6-7H2/t8-,9+,10?. The van der Waals surface area contributed by atoms with Gasteiger partial charge in [-0.2, -0.15) is 5.10 Å². The van der Waals surface area contributed by atoms with Crippen molar-refractivity contribution in [2.45, 2.75) is 43.8 Å². The zero-order chi connectivity index (χ0) is 8.67. The maximum Gasteiger partial charge on any atom is 0.0548 e. The lowest BCUT2D eigenvalue weighted by Gasteiger charge is -2.29. The largest absolute Gasteiger partial charge is 0.311 e. The van der Waals surface area contributed by atoms with E-state index in [1.807, 2.05) is 12.3 Å². The minimum absolute atomic E-state index is 0.647. The van der Waals surface area contributed by atoms with Gasteiger partial charge >= 0.3 is 0 Å². The molecule has 1 N–H and O–H groups in total. The number of aromatic nitrogens is 2. The van der Waals surface area contributed by atoms with E-state index >= 15 is 0 Å². The maximum atomic E-state index is 4.33. The van der Waals surface area contributed by atoms with Crippen LogP contribution in [0.3, 0.4) is 0 Å². The molecule has 70 valence electrons. The number of fused-ring (bicyclic) bond motifs is 2. The van der Waals surface area contributed by atoms with E-state index in [1.165, 1.54) is 25.7 Å². The molecule has 0 aliphatic carbocycles. The predicted molar refractivity (Wildman–Crippen MR) is 50.4 cm³/mol. The van der Waals surface area contributed by atoms with E-state index in [2.05, 4.69) is 21.3 Å². The molecule has 0 radical (unpaired) electrons. The summed E-state index contributed by atoms with van der Waals surface area (Å²) in [6.07, 6.45) is 9.22. The van der Waals surface area contributed by atoms with Crippen LogP contribution < -0.4 is 5.32 Å². The van der Waals surface area contributed by atoms with Gasteiger partial charge in [0.2, 0.25) is 0 Å². The van der Waals surface area contributed by atoms with Gasteiger partial charge in [0.25, 0.3) is 0 Å². The van der Waals surface area contributed by atoms with Crippen LogP contribution in [0, 0.1) is 0 Å². The number of nitrogens with one attached hydrogen (secondary N) is 1. The summed E-state index contributed by atoms with van der Waals surface area (Å²) in [5.74, 6) is 0. The molecule has 13 heavy (non-hydrogen) atoms. The molecule has 3 rings (SSSR count). The monoisotopic (exact) mass is 177 g/mol. The van der Waals surface area contributed by atoms with Crippen molar-refractivity contribution in [1.29, 1.82) is 0 Å². The van der Waals surface area contributed by atoms with Crippen molar-refractivity contribution in [3.63, 3.8) is 0 Å². The highest BCUT2D eigenvalue weighted by Crippen LogP contribution is 2.33. The van der Waals surface area contributed by atoms with Gasteiger partial charge in [-0.3, -0.25) is 4.68 Å². The van der Waals surface area contributed by atoms with Crippen LogP contribution in [0.1, 0.15) is 31.7 Å². The molecule has 2 fully saturated rings. The lowest BCUT2D eigenvalue weighted by molar-refractivity contribution is 0.281. The van der Waals surface area contributed by atoms with Crippen molar-refractivity contribution in [2.24, 2.45) is 0 Å². The minimum atomic E-state index is 0.647. The van der Waals surface area contributed by atoms with Crippen molar-refractivity contribution < 1.29 is 0 Å². The van der Waals surface area contributed by atoms with E-state index in [1.54, 1.807) is 0 Å². The van der Waals surface area contributed by atoms with Crippen LogP contribution in [0.15, 0.2) is 18.5 Å². The van der Waals surface area contributed by atoms with Gasteiger partial charge < -0.3 is 5.32 Å². The average Bonchev–Trinajstić information content (AvgIpc) is 2.75. The molecule has 3 atom stereocenters. The van der Waals surface area contributed by atoms with Gasteiger partial charge in [-0.15, -0.1) is 0 Å². The summed E-state index contributed by atoms with van der Waals surface area (Å²) in [4.78, 5) is 0. The molecule has 2 bridgehead atoms. The Hall–Kier alpha value is -0.830. The Morgan fingerprint density at radius 1 is 1.23 bits per heavy atom. The fourth-order valence-electron chi connectivity index (χ4n) is 2.74. The van der Waals surface area contributed by atoms with Crippen molar-refractivity contribution in [3.05, 3.63) is 18.5 Å². The summed E-state index contributed by atoms with van der Waals surface area (Å²) < 4.78 is 2.13. The zero-order valence-electron chi connectivity index (χ0n) is 7.69. The second kappa shape index (κ2) is 2.84. The molecule has 3 nitrogen and oxygen atoms in total. The van der Waals surface area contributed by atoms with Gasteiger partial charge in [0.05, 0.1) is 6.04 Å². The molecule has 1 aromatic rings. The lowest BCUT2D eigenvalue weighted by Crippen LogP contribution is -2.38. The van der Waals surface area contributed by atoms with Crippen molar-refractivity contribution >= 4 is 0 Å². The minimum Gasteiger partial charge on any atom is -0.311 e. The van der Waals surface area contributed by atoms with Crippen molar-refractivity contribution in [3.8, 4) is 0 Å². The van der Waals surface area contributed by atoms with Crippen LogP contribution in [0.2, 0.25) is 0 Å². The molecule has 1 unspecified atom stereocenters. The third kappa shape index (κ3) is 1.27. The van der Waals surface area contributed by atoms with Gasteiger partial charge in [0, 0.05) is 24.5 Å². The highest BCUT2D eigenvalue weighted by Gasteiger charge is 2.34. The summed E-state index contributed by atoms with van der Waals surface area (Å²) in [6, 6.07) is 4.18. The molecule has 3 heteroatoms. The first-order chi connectivity index (χ1) is 6.42. The van der Waals surface area contributed by atoms with Crippen LogP contribution in [0.25, 0.3) is 0 Å². The average molecular weight is 177 g/mol. The molecule has 3 heterocycles. The quantitative estimate of drug-likeness (QED) is 0.701. The molecule has 0 saturated carbocycles. The van der Waals surface area contributed by atoms with Gasteiger partial charge in [0.1, 0.15) is 0 Å². The second-order valence-corrected chi connectivity index (χ2v) is 4.25. The highest BCUT2D eigenvalue weighted by molar-refractivity contribution is 4.95. The Morgan fingerprint density at radius 2 is 2.00 bits per heavy atom. The molecular formula is C10H15N3. The third-order valence-corrected chi connectivity index (χ3v) is 3.35. The van der Waals surface area contributed by atoms with Crippen LogP contribution in [0.5, 0.6) is 0 Å². The molecular weight excluding hydrogens is 162 g/mol. The van der Waals surface area contributed by atoms with Crippen molar-refractivity contribution in [2.75, 3.05) is 0 Å². The first kappa shape index (κ1) is 7.56. The first-order valence-electron chi connectivity index (χ1n) is 5.17. The van der Waals surface area contributed by atoms with Crippen LogP contribution >= 0.6 is 0 Å². The van der Waals surface area contributed by atoms with Gasteiger partial charge in [-0.05, 0) is 31.7 Å². The summed E-state index contributed by atoms with van der Waals surface area (Å²) >= 11 is 0. The Balaban J connectivity index is 1.80. The van der Waals surface area contributed by atoms with Crippen LogP contribution in [-0.4, -0.2) is 21.9 Å². The highest BCUT2D eigenvalue weighted by atomic mass is 15.3. The van der Waals surface area contributed by atoms with Crippen LogP contribution in [0.4, 0.5) is 0 Å². The van der Waals surface area contributed by atoms with E-state index in [4.69, 9.17) is 0 Å². The molecule has 1 aromatic heterocycles. The number of nitrogens with zero attached hydrogens (tertiary/aromatic N) is 2.